The highest BCUT2D eigenvalue weighted by molar-refractivity contribution is 5.59. The highest BCUT2D eigenvalue weighted by atomic mass is 14.9. The zero-order valence-corrected chi connectivity index (χ0v) is 7.67. The van der Waals surface area contributed by atoms with E-state index in [0.29, 0.717) is 0 Å². The first-order valence-electron chi connectivity index (χ1n) is 4.51. The number of hydrogen-bond acceptors (Lipinski definition) is 0. The maximum absolute atomic E-state index is 2.30. The van der Waals surface area contributed by atoms with Gasteiger partial charge in [-0.05, 0) is 18.9 Å². The normalized spacial score (nSPS) is 13.5. The minimum absolute atomic E-state index is 1.07. The van der Waals surface area contributed by atoms with Crippen LogP contribution in [-0.4, -0.2) is 0 Å². The molecule has 1 aromatic heterocycles. The predicted octanol–water partition coefficient (Wildman–Crippen LogP) is 1.87. The zero-order chi connectivity index (χ0) is 8.55. The summed E-state index contributed by atoms with van der Waals surface area (Å²) in [7, 11) is 0. The van der Waals surface area contributed by atoms with Gasteiger partial charge in [0.1, 0.15) is 6.54 Å². The van der Waals surface area contributed by atoms with E-state index in [0.717, 1.165) is 13.0 Å². The molecule has 1 heterocycles. The molecule has 0 N–H and O–H groups in total. The van der Waals surface area contributed by atoms with Gasteiger partial charge in [-0.3, -0.25) is 0 Å². The third-order valence-corrected chi connectivity index (χ3v) is 2.61. The summed E-state index contributed by atoms with van der Waals surface area (Å²) in [4.78, 5) is 0. The number of hydrogen-bond donors (Lipinski definition) is 0. The summed E-state index contributed by atoms with van der Waals surface area (Å²) < 4.78 is 2.30. The average molecular weight is 160 g/mol. The molecule has 0 aromatic carbocycles. The molecule has 0 fully saturated rings. The van der Waals surface area contributed by atoms with Gasteiger partial charge in [0, 0.05) is 18.6 Å². The third kappa shape index (κ3) is 0.970. The van der Waals surface area contributed by atoms with Crippen molar-refractivity contribution in [2.45, 2.75) is 26.8 Å². The molecule has 1 aliphatic rings. The first-order chi connectivity index (χ1) is 5.83. The van der Waals surface area contributed by atoms with Crippen LogP contribution in [0.2, 0.25) is 0 Å². The Hall–Kier alpha value is -1.11. The van der Waals surface area contributed by atoms with E-state index in [2.05, 4.69) is 42.8 Å². The number of pyridine rings is 1. The second-order valence-electron chi connectivity index (χ2n) is 3.23. The van der Waals surface area contributed by atoms with Crippen LogP contribution in [0.1, 0.15) is 23.7 Å². The minimum atomic E-state index is 1.07. The van der Waals surface area contributed by atoms with Gasteiger partial charge in [-0.1, -0.05) is 12.2 Å². The van der Waals surface area contributed by atoms with Gasteiger partial charge in [0.05, 0.1) is 0 Å². The standard InChI is InChI=1S/C11H14N/c1-3-12-8-7-10-5-4-6-11(10)9(12)2/h4-5,7-8H,3,6H2,1-2H3/q+1. The predicted molar refractivity (Wildman–Crippen MR) is 49.8 cm³/mol. The van der Waals surface area contributed by atoms with Crippen LogP contribution in [0.3, 0.4) is 0 Å². The van der Waals surface area contributed by atoms with Gasteiger partial charge in [0.15, 0.2) is 11.9 Å². The number of rotatable bonds is 1. The molecule has 1 aliphatic carbocycles. The highest BCUT2D eigenvalue weighted by Gasteiger charge is 2.15. The summed E-state index contributed by atoms with van der Waals surface area (Å²) in [5.74, 6) is 0. The van der Waals surface area contributed by atoms with E-state index in [1.54, 1.807) is 0 Å². The van der Waals surface area contributed by atoms with Crippen molar-refractivity contribution in [2.24, 2.45) is 0 Å². The summed E-state index contributed by atoms with van der Waals surface area (Å²) in [5.41, 5.74) is 4.32. The molecule has 0 unspecified atom stereocenters. The smallest absolute Gasteiger partial charge is 0.182 e. The van der Waals surface area contributed by atoms with Gasteiger partial charge in [0.2, 0.25) is 0 Å². The number of aryl methyl sites for hydroxylation is 1. The maximum atomic E-state index is 2.30. The number of aromatic nitrogens is 1. The van der Waals surface area contributed by atoms with Crippen LogP contribution in [0.5, 0.6) is 0 Å². The fourth-order valence-corrected chi connectivity index (χ4v) is 1.83. The maximum Gasteiger partial charge on any atom is 0.182 e. The molecule has 0 amide bonds. The van der Waals surface area contributed by atoms with E-state index in [1.807, 2.05) is 0 Å². The van der Waals surface area contributed by atoms with Gasteiger partial charge in [0.25, 0.3) is 0 Å². The van der Waals surface area contributed by atoms with Crippen molar-refractivity contribution in [3.63, 3.8) is 0 Å². The molecule has 0 aliphatic heterocycles. The van der Waals surface area contributed by atoms with Crippen molar-refractivity contribution in [1.82, 2.24) is 0 Å². The summed E-state index contributed by atoms with van der Waals surface area (Å²) in [6.07, 6.45) is 7.73. The quantitative estimate of drug-likeness (QED) is 0.552. The van der Waals surface area contributed by atoms with Gasteiger partial charge in [-0.15, -0.1) is 0 Å². The third-order valence-electron chi connectivity index (χ3n) is 2.61. The van der Waals surface area contributed by atoms with Gasteiger partial charge < -0.3 is 0 Å². The molecule has 0 atom stereocenters. The molecule has 2 rings (SSSR count). The first-order valence-corrected chi connectivity index (χ1v) is 4.51. The van der Waals surface area contributed by atoms with Gasteiger partial charge >= 0.3 is 0 Å². The van der Waals surface area contributed by atoms with Crippen molar-refractivity contribution in [2.75, 3.05) is 0 Å². The van der Waals surface area contributed by atoms with Crippen LogP contribution < -0.4 is 4.57 Å². The molecular weight excluding hydrogens is 146 g/mol. The molecular formula is C11H14N+. The fourth-order valence-electron chi connectivity index (χ4n) is 1.83. The molecule has 0 radical (unpaired) electrons. The van der Waals surface area contributed by atoms with E-state index < -0.39 is 0 Å². The minimum Gasteiger partial charge on any atom is -0.203 e. The van der Waals surface area contributed by atoms with Crippen molar-refractivity contribution in [3.8, 4) is 0 Å². The molecule has 1 aromatic rings. The fraction of sp³-hybridized carbons (Fsp3) is 0.364. The summed E-state index contributed by atoms with van der Waals surface area (Å²) in [5, 5.41) is 0. The van der Waals surface area contributed by atoms with Crippen molar-refractivity contribution < 1.29 is 4.57 Å². The Morgan fingerprint density at radius 3 is 3.08 bits per heavy atom. The first kappa shape index (κ1) is 7.53. The lowest BCUT2D eigenvalue weighted by atomic mass is 10.1. The molecule has 0 bridgehead atoms. The second-order valence-corrected chi connectivity index (χ2v) is 3.23. The van der Waals surface area contributed by atoms with Crippen LogP contribution in [0.25, 0.3) is 6.08 Å². The number of nitrogens with zero attached hydrogens (tertiary/aromatic N) is 1. The van der Waals surface area contributed by atoms with E-state index in [4.69, 9.17) is 0 Å². The molecule has 62 valence electrons. The topological polar surface area (TPSA) is 3.88 Å². The van der Waals surface area contributed by atoms with Crippen LogP contribution in [0.15, 0.2) is 18.3 Å². The van der Waals surface area contributed by atoms with Crippen molar-refractivity contribution in [3.05, 3.63) is 35.2 Å². The summed E-state index contributed by atoms with van der Waals surface area (Å²) in [6, 6.07) is 2.20. The van der Waals surface area contributed by atoms with E-state index >= 15 is 0 Å². The Kier molecular flexibility index (Phi) is 1.72. The molecule has 0 saturated heterocycles. The van der Waals surface area contributed by atoms with Gasteiger partial charge in [-0.2, -0.15) is 0 Å². The number of fused-ring (bicyclic) bond motifs is 1. The number of allylic oxidation sites excluding steroid dienone is 1. The molecule has 0 spiro atoms. The molecule has 0 saturated carbocycles. The average Bonchev–Trinajstić information content (AvgIpc) is 2.53. The second kappa shape index (κ2) is 2.74. The lowest BCUT2D eigenvalue weighted by Gasteiger charge is -2.02. The molecule has 1 heteroatoms. The van der Waals surface area contributed by atoms with Crippen molar-refractivity contribution >= 4 is 6.08 Å². The van der Waals surface area contributed by atoms with Crippen LogP contribution in [0.4, 0.5) is 0 Å². The van der Waals surface area contributed by atoms with Crippen LogP contribution in [0, 0.1) is 6.92 Å². The molecule has 12 heavy (non-hydrogen) atoms. The lowest BCUT2D eigenvalue weighted by molar-refractivity contribution is -0.699. The van der Waals surface area contributed by atoms with Crippen molar-refractivity contribution in [1.29, 1.82) is 0 Å². The Morgan fingerprint density at radius 1 is 1.50 bits per heavy atom. The summed E-state index contributed by atoms with van der Waals surface area (Å²) >= 11 is 0. The van der Waals surface area contributed by atoms with Crippen LogP contribution in [-0.2, 0) is 13.0 Å². The zero-order valence-electron chi connectivity index (χ0n) is 7.67. The Labute approximate surface area is 73.4 Å². The summed E-state index contributed by atoms with van der Waals surface area (Å²) in [6.45, 7) is 5.45. The SMILES string of the molecule is CC[n+]1ccc2c(c1C)CC=C2. The Bertz CT molecular complexity index is 337. The monoisotopic (exact) mass is 160 g/mol. The highest BCUT2D eigenvalue weighted by Crippen LogP contribution is 2.19. The Morgan fingerprint density at radius 2 is 2.33 bits per heavy atom. The largest absolute Gasteiger partial charge is 0.203 e. The van der Waals surface area contributed by atoms with E-state index in [9.17, 15) is 0 Å². The van der Waals surface area contributed by atoms with E-state index in [-0.39, 0.29) is 0 Å². The molecule has 1 nitrogen and oxygen atoms in total. The van der Waals surface area contributed by atoms with Crippen LogP contribution >= 0.6 is 0 Å². The Balaban J connectivity index is 2.57. The van der Waals surface area contributed by atoms with E-state index in [1.165, 1.54) is 16.8 Å². The van der Waals surface area contributed by atoms with Gasteiger partial charge in [-0.25, -0.2) is 4.57 Å². The lowest BCUT2D eigenvalue weighted by Crippen LogP contribution is -2.36.